The largest absolute Gasteiger partial charge is 0.475 e. The molecule has 0 saturated carbocycles. The first-order valence-electron chi connectivity index (χ1n) is 10.4. The van der Waals surface area contributed by atoms with E-state index >= 15 is 0 Å². The molecular formula is C23H30NO6P. The minimum atomic E-state index is -3.88. The van der Waals surface area contributed by atoms with Gasteiger partial charge in [0.2, 0.25) is 0 Å². The van der Waals surface area contributed by atoms with E-state index in [-0.39, 0.29) is 19.8 Å². The molecule has 1 heterocycles. The van der Waals surface area contributed by atoms with Crippen LogP contribution in [0.4, 0.5) is 4.79 Å². The number of likely N-dealkylation sites (tertiary alicyclic amines) is 1. The molecule has 0 aliphatic carbocycles. The number of nitrogens with zero attached hydrogens (tertiary/aromatic N) is 1. The van der Waals surface area contributed by atoms with E-state index in [1.54, 1.807) is 4.90 Å². The quantitative estimate of drug-likeness (QED) is 0.494. The summed E-state index contributed by atoms with van der Waals surface area (Å²) in [6.07, 6.45) is -0.360. The Bertz CT molecular complexity index is 836. The van der Waals surface area contributed by atoms with Crippen molar-refractivity contribution in [2.24, 2.45) is 0 Å². The summed E-state index contributed by atoms with van der Waals surface area (Å²) in [6, 6.07) is 18.8. The fourth-order valence-electron chi connectivity index (χ4n) is 3.04. The van der Waals surface area contributed by atoms with Crippen LogP contribution in [0.5, 0.6) is 0 Å². The molecule has 3 rings (SSSR count). The zero-order valence-corrected chi connectivity index (χ0v) is 19.1. The summed E-state index contributed by atoms with van der Waals surface area (Å²) in [6.45, 7) is 6.36. The smallest absolute Gasteiger partial charge is 0.444 e. The summed E-state index contributed by atoms with van der Waals surface area (Å²) in [5.41, 5.74) is 1.14. The van der Waals surface area contributed by atoms with Crippen LogP contribution in [0.25, 0.3) is 0 Å². The molecule has 7 nitrogen and oxygen atoms in total. The lowest BCUT2D eigenvalue weighted by Crippen LogP contribution is -2.36. The number of phosphoric ester groups is 1. The number of ether oxygens (including phenoxy) is 1. The lowest BCUT2D eigenvalue weighted by Gasteiger charge is -2.25. The monoisotopic (exact) mass is 447 g/mol. The Hall–Kier alpha value is -2.18. The van der Waals surface area contributed by atoms with Gasteiger partial charge in [-0.05, 0) is 38.3 Å². The minimum absolute atomic E-state index is 0.0927. The Kier molecular flexibility index (Phi) is 7.89. The molecule has 0 aromatic heterocycles. The molecule has 0 bridgehead atoms. The van der Waals surface area contributed by atoms with Gasteiger partial charge in [0.15, 0.2) is 0 Å². The highest BCUT2D eigenvalue weighted by atomic mass is 31.2. The van der Waals surface area contributed by atoms with Crippen LogP contribution in [0.1, 0.15) is 38.3 Å². The van der Waals surface area contributed by atoms with Crippen molar-refractivity contribution in [2.75, 3.05) is 13.1 Å². The molecule has 1 amide bonds. The van der Waals surface area contributed by atoms with Gasteiger partial charge in [-0.1, -0.05) is 60.7 Å². The SMILES string of the molecule is CC(C)(C)OC(=O)N1CC[C@@H](OP(=O)(OCc2ccccc2)OCc2ccccc2)C1. The molecule has 168 valence electrons. The maximum atomic E-state index is 13.4. The fourth-order valence-corrected chi connectivity index (χ4v) is 4.39. The van der Waals surface area contributed by atoms with Gasteiger partial charge in [0, 0.05) is 6.54 Å². The molecule has 1 fully saturated rings. The number of benzene rings is 2. The molecule has 2 aromatic carbocycles. The average molecular weight is 447 g/mol. The Morgan fingerprint density at radius 1 is 0.968 bits per heavy atom. The van der Waals surface area contributed by atoms with Crippen molar-refractivity contribution in [3.05, 3.63) is 71.8 Å². The van der Waals surface area contributed by atoms with Gasteiger partial charge in [-0.3, -0.25) is 13.6 Å². The van der Waals surface area contributed by atoms with E-state index in [0.717, 1.165) is 11.1 Å². The van der Waals surface area contributed by atoms with Crippen LogP contribution in [-0.2, 0) is 36.1 Å². The zero-order valence-electron chi connectivity index (χ0n) is 18.2. The molecule has 0 radical (unpaired) electrons. The van der Waals surface area contributed by atoms with Gasteiger partial charge in [0.05, 0.1) is 25.9 Å². The summed E-state index contributed by atoms with van der Waals surface area (Å²) in [7, 11) is -3.88. The first kappa shape index (κ1) is 23.5. The minimum Gasteiger partial charge on any atom is -0.444 e. The molecule has 8 heteroatoms. The van der Waals surface area contributed by atoms with Crippen molar-refractivity contribution in [3.8, 4) is 0 Å². The number of hydrogen-bond acceptors (Lipinski definition) is 6. The van der Waals surface area contributed by atoms with E-state index in [1.165, 1.54) is 0 Å². The predicted octanol–water partition coefficient (Wildman–Crippen LogP) is 5.55. The van der Waals surface area contributed by atoms with Crippen LogP contribution < -0.4 is 0 Å². The normalized spacial score (nSPS) is 17.0. The highest BCUT2D eigenvalue weighted by Crippen LogP contribution is 2.52. The van der Waals surface area contributed by atoms with Crippen molar-refractivity contribution >= 4 is 13.9 Å². The molecule has 0 spiro atoms. The molecule has 31 heavy (non-hydrogen) atoms. The van der Waals surface area contributed by atoms with Gasteiger partial charge >= 0.3 is 13.9 Å². The number of carbonyl (C=O) groups is 1. The second kappa shape index (κ2) is 10.4. The molecule has 1 saturated heterocycles. The van der Waals surface area contributed by atoms with Gasteiger partial charge in [0.25, 0.3) is 0 Å². The second-order valence-electron chi connectivity index (χ2n) is 8.41. The molecule has 1 aliphatic rings. The number of rotatable bonds is 8. The average Bonchev–Trinajstić information content (AvgIpc) is 3.20. The molecular weight excluding hydrogens is 417 g/mol. The second-order valence-corrected chi connectivity index (χ2v) is 10.0. The Labute approximate surface area is 183 Å². The third kappa shape index (κ3) is 7.78. The van der Waals surface area contributed by atoms with Crippen LogP contribution in [0.15, 0.2) is 60.7 Å². The Morgan fingerprint density at radius 2 is 1.48 bits per heavy atom. The molecule has 1 atom stereocenters. The highest BCUT2D eigenvalue weighted by Gasteiger charge is 2.37. The maximum Gasteiger partial charge on any atom is 0.475 e. The Morgan fingerprint density at radius 3 is 1.97 bits per heavy atom. The van der Waals surface area contributed by atoms with Crippen LogP contribution in [0.2, 0.25) is 0 Å². The Balaban J connectivity index is 1.63. The summed E-state index contributed by atoms with van der Waals surface area (Å²) in [5, 5.41) is 0. The highest BCUT2D eigenvalue weighted by molar-refractivity contribution is 7.48. The third-order valence-electron chi connectivity index (χ3n) is 4.54. The summed E-state index contributed by atoms with van der Waals surface area (Å²) >= 11 is 0. The van der Waals surface area contributed by atoms with Crippen molar-refractivity contribution in [1.29, 1.82) is 0 Å². The van der Waals surface area contributed by atoms with E-state index in [4.69, 9.17) is 18.3 Å². The van der Waals surface area contributed by atoms with Crippen LogP contribution >= 0.6 is 7.82 Å². The predicted molar refractivity (Wildman–Crippen MR) is 117 cm³/mol. The lowest BCUT2D eigenvalue weighted by molar-refractivity contribution is 0.0251. The van der Waals surface area contributed by atoms with Gasteiger partial charge < -0.3 is 9.64 Å². The van der Waals surface area contributed by atoms with Gasteiger partial charge in [-0.2, -0.15) is 0 Å². The van der Waals surface area contributed by atoms with Gasteiger partial charge in [0.1, 0.15) is 5.60 Å². The number of hydrogen-bond donors (Lipinski definition) is 0. The van der Waals surface area contributed by atoms with Gasteiger partial charge in [-0.25, -0.2) is 9.36 Å². The first-order chi connectivity index (χ1) is 14.7. The lowest BCUT2D eigenvalue weighted by atomic mass is 10.2. The number of phosphoric acid groups is 1. The van der Waals surface area contributed by atoms with Crippen LogP contribution in [-0.4, -0.2) is 35.8 Å². The topological polar surface area (TPSA) is 74.3 Å². The van der Waals surface area contributed by atoms with E-state index < -0.39 is 25.6 Å². The maximum absolute atomic E-state index is 13.4. The standard InChI is InChI=1S/C23H30NO6P/c1-23(2,3)29-22(25)24-15-14-21(16-24)30-31(26,27-17-19-10-6-4-7-11-19)28-18-20-12-8-5-9-13-20/h4-13,21H,14-18H2,1-3H3/t21-/m1/s1. The molecule has 1 aliphatic heterocycles. The number of amides is 1. The van der Waals surface area contributed by atoms with E-state index in [2.05, 4.69) is 0 Å². The van der Waals surface area contributed by atoms with Crippen molar-refractivity contribution in [1.82, 2.24) is 4.90 Å². The fraction of sp³-hybridized carbons (Fsp3) is 0.435. The molecule has 2 aromatic rings. The first-order valence-corrected chi connectivity index (χ1v) is 11.8. The van der Waals surface area contributed by atoms with Crippen molar-refractivity contribution in [2.45, 2.75) is 52.1 Å². The van der Waals surface area contributed by atoms with E-state index in [9.17, 15) is 9.36 Å². The van der Waals surface area contributed by atoms with Gasteiger partial charge in [-0.15, -0.1) is 0 Å². The third-order valence-corrected chi connectivity index (χ3v) is 5.99. The van der Waals surface area contributed by atoms with E-state index in [1.807, 2.05) is 81.4 Å². The summed E-state index contributed by atoms with van der Waals surface area (Å²) < 4.78 is 35.9. The molecule has 0 N–H and O–H groups in total. The van der Waals surface area contributed by atoms with Crippen molar-refractivity contribution in [3.63, 3.8) is 0 Å². The number of carbonyl (C=O) groups excluding carboxylic acids is 1. The molecule has 0 unspecified atom stereocenters. The summed E-state index contributed by atoms with van der Waals surface area (Å²) in [4.78, 5) is 13.9. The van der Waals surface area contributed by atoms with E-state index in [0.29, 0.717) is 13.0 Å². The van der Waals surface area contributed by atoms with Crippen LogP contribution in [0, 0.1) is 0 Å². The van der Waals surface area contributed by atoms with Crippen molar-refractivity contribution < 1.29 is 27.7 Å². The summed E-state index contributed by atoms with van der Waals surface area (Å²) in [5.74, 6) is 0. The van der Waals surface area contributed by atoms with Crippen LogP contribution in [0.3, 0.4) is 0 Å². The zero-order chi connectivity index (χ0) is 22.3.